The van der Waals surface area contributed by atoms with Crippen LogP contribution in [0.4, 0.5) is 5.69 Å². The molecule has 148 valence electrons. The lowest BCUT2D eigenvalue weighted by Gasteiger charge is -2.10. The van der Waals surface area contributed by atoms with E-state index in [1.54, 1.807) is 18.2 Å². The van der Waals surface area contributed by atoms with Crippen LogP contribution in [0.1, 0.15) is 10.4 Å². The SMILES string of the molecule is CNC(=O)c1cccc(NC(=O)COC(=O)COc2cc(Cl)c(Cl)cc2Cl)c1. The summed E-state index contributed by atoms with van der Waals surface area (Å²) in [6.45, 7) is -1.00. The van der Waals surface area contributed by atoms with Gasteiger partial charge in [0.25, 0.3) is 11.8 Å². The number of nitrogens with one attached hydrogen (secondary N) is 2. The van der Waals surface area contributed by atoms with Gasteiger partial charge in [0.1, 0.15) is 5.75 Å². The number of ether oxygens (including phenoxy) is 2. The van der Waals surface area contributed by atoms with Crippen molar-refractivity contribution in [2.24, 2.45) is 0 Å². The molecular formula is C18H15Cl3N2O5. The molecule has 0 saturated heterocycles. The van der Waals surface area contributed by atoms with Gasteiger partial charge in [-0.3, -0.25) is 9.59 Å². The fourth-order valence-corrected chi connectivity index (χ4v) is 2.61. The molecule has 0 aliphatic heterocycles. The molecule has 0 unspecified atom stereocenters. The summed E-state index contributed by atoms with van der Waals surface area (Å²) in [5, 5.41) is 5.64. The molecule has 28 heavy (non-hydrogen) atoms. The van der Waals surface area contributed by atoms with E-state index in [1.807, 2.05) is 0 Å². The lowest BCUT2D eigenvalue weighted by atomic mass is 10.2. The Morgan fingerprint density at radius 3 is 2.39 bits per heavy atom. The van der Waals surface area contributed by atoms with E-state index >= 15 is 0 Å². The number of amides is 2. The van der Waals surface area contributed by atoms with Crippen LogP contribution < -0.4 is 15.4 Å². The molecule has 10 heteroatoms. The van der Waals surface area contributed by atoms with Crippen molar-refractivity contribution < 1.29 is 23.9 Å². The third-order valence-electron chi connectivity index (χ3n) is 3.32. The molecular weight excluding hydrogens is 431 g/mol. The van der Waals surface area contributed by atoms with Crippen LogP contribution in [-0.4, -0.2) is 38.0 Å². The molecule has 0 aromatic heterocycles. The van der Waals surface area contributed by atoms with Gasteiger partial charge in [0, 0.05) is 24.4 Å². The van der Waals surface area contributed by atoms with Gasteiger partial charge in [-0.1, -0.05) is 40.9 Å². The maximum atomic E-state index is 11.9. The molecule has 2 aromatic rings. The van der Waals surface area contributed by atoms with Crippen molar-refractivity contribution in [2.45, 2.75) is 0 Å². The van der Waals surface area contributed by atoms with E-state index < -0.39 is 25.1 Å². The molecule has 0 aliphatic carbocycles. The van der Waals surface area contributed by atoms with Crippen molar-refractivity contribution in [3.05, 3.63) is 57.0 Å². The van der Waals surface area contributed by atoms with Crippen LogP contribution in [0.5, 0.6) is 5.75 Å². The molecule has 0 bridgehead atoms. The number of carbonyl (C=O) groups is 3. The summed E-state index contributed by atoms with van der Waals surface area (Å²) < 4.78 is 10.0. The fraction of sp³-hybridized carbons (Fsp3) is 0.167. The highest BCUT2D eigenvalue weighted by atomic mass is 35.5. The molecule has 0 spiro atoms. The fourth-order valence-electron chi connectivity index (χ4n) is 2.02. The first-order valence-electron chi connectivity index (χ1n) is 7.85. The molecule has 0 fully saturated rings. The summed E-state index contributed by atoms with van der Waals surface area (Å²) in [7, 11) is 1.50. The Balaban J connectivity index is 1.82. The maximum absolute atomic E-state index is 11.9. The van der Waals surface area contributed by atoms with Gasteiger partial charge >= 0.3 is 5.97 Å². The molecule has 0 saturated carbocycles. The summed E-state index contributed by atoms with van der Waals surface area (Å²) in [6, 6.07) is 9.05. The summed E-state index contributed by atoms with van der Waals surface area (Å²) in [4.78, 5) is 35.2. The van der Waals surface area contributed by atoms with Crippen LogP contribution >= 0.6 is 34.8 Å². The molecule has 2 aromatic carbocycles. The van der Waals surface area contributed by atoms with Crippen LogP contribution in [0, 0.1) is 0 Å². The lowest BCUT2D eigenvalue weighted by Crippen LogP contribution is -2.24. The van der Waals surface area contributed by atoms with Crippen molar-refractivity contribution >= 4 is 58.3 Å². The second kappa shape index (κ2) is 10.2. The Kier molecular flexibility index (Phi) is 7.92. The smallest absolute Gasteiger partial charge is 0.344 e. The average molecular weight is 446 g/mol. The number of rotatable bonds is 7. The van der Waals surface area contributed by atoms with Crippen molar-refractivity contribution in [3.8, 4) is 5.75 Å². The Labute approximate surface area is 175 Å². The van der Waals surface area contributed by atoms with Gasteiger partial charge in [-0.15, -0.1) is 0 Å². The van der Waals surface area contributed by atoms with Crippen LogP contribution in [0.15, 0.2) is 36.4 Å². The zero-order valence-corrected chi connectivity index (χ0v) is 16.8. The average Bonchev–Trinajstić information content (AvgIpc) is 2.67. The standard InChI is InChI=1S/C18H15Cl3N2O5/c1-22-18(26)10-3-2-4-11(5-10)23-16(24)8-28-17(25)9-27-15-7-13(20)12(19)6-14(15)21/h2-7H,8-9H2,1H3,(H,22,26)(H,23,24). The number of benzene rings is 2. The van der Waals surface area contributed by atoms with Crippen molar-refractivity contribution in [2.75, 3.05) is 25.6 Å². The van der Waals surface area contributed by atoms with Crippen LogP contribution in [-0.2, 0) is 14.3 Å². The predicted octanol–water partition coefficient (Wildman–Crippen LogP) is 3.57. The second-order valence-electron chi connectivity index (χ2n) is 5.35. The van der Waals surface area contributed by atoms with Crippen molar-refractivity contribution in [3.63, 3.8) is 0 Å². The zero-order valence-electron chi connectivity index (χ0n) is 14.6. The first-order valence-corrected chi connectivity index (χ1v) is 8.98. The van der Waals surface area contributed by atoms with E-state index in [0.717, 1.165) is 0 Å². The quantitative estimate of drug-likeness (QED) is 0.502. The summed E-state index contributed by atoms with van der Waals surface area (Å²) in [6.07, 6.45) is 0. The van der Waals surface area contributed by atoms with E-state index in [-0.39, 0.29) is 26.7 Å². The monoisotopic (exact) mass is 444 g/mol. The van der Waals surface area contributed by atoms with E-state index in [2.05, 4.69) is 10.6 Å². The van der Waals surface area contributed by atoms with Gasteiger partial charge in [-0.25, -0.2) is 4.79 Å². The molecule has 0 atom stereocenters. The third kappa shape index (κ3) is 6.30. The maximum Gasteiger partial charge on any atom is 0.344 e. The zero-order chi connectivity index (χ0) is 20.7. The Bertz CT molecular complexity index is 905. The first-order chi connectivity index (χ1) is 13.3. The molecule has 2 rings (SSSR count). The minimum atomic E-state index is -0.781. The highest BCUT2D eigenvalue weighted by Crippen LogP contribution is 2.33. The molecule has 2 N–H and O–H groups in total. The minimum absolute atomic E-state index is 0.156. The van der Waals surface area contributed by atoms with Crippen molar-refractivity contribution in [1.82, 2.24) is 5.32 Å². The van der Waals surface area contributed by atoms with Gasteiger partial charge in [0.2, 0.25) is 0 Å². The highest BCUT2D eigenvalue weighted by molar-refractivity contribution is 6.43. The minimum Gasteiger partial charge on any atom is -0.480 e. The topological polar surface area (TPSA) is 93.7 Å². The van der Waals surface area contributed by atoms with Crippen LogP contribution in [0.25, 0.3) is 0 Å². The molecule has 0 heterocycles. The predicted molar refractivity (Wildman–Crippen MR) is 106 cm³/mol. The van der Waals surface area contributed by atoms with Gasteiger partial charge < -0.3 is 20.1 Å². The Morgan fingerprint density at radius 2 is 1.68 bits per heavy atom. The number of halogens is 3. The van der Waals surface area contributed by atoms with E-state index in [0.29, 0.717) is 11.3 Å². The van der Waals surface area contributed by atoms with Crippen LogP contribution in [0.2, 0.25) is 15.1 Å². The third-order valence-corrected chi connectivity index (χ3v) is 4.34. The largest absolute Gasteiger partial charge is 0.480 e. The molecule has 0 radical (unpaired) electrons. The normalized spacial score (nSPS) is 10.1. The van der Waals surface area contributed by atoms with E-state index in [4.69, 9.17) is 44.3 Å². The number of esters is 1. The molecule has 2 amide bonds. The van der Waals surface area contributed by atoms with E-state index in [9.17, 15) is 14.4 Å². The lowest BCUT2D eigenvalue weighted by molar-refractivity contribution is -0.149. The number of carbonyl (C=O) groups excluding carboxylic acids is 3. The van der Waals surface area contributed by atoms with Gasteiger partial charge in [-0.2, -0.15) is 0 Å². The summed E-state index contributed by atoms with van der Waals surface area (Å²) in [5.41, 5.74) is 0.769. The Hall–Kier alpha value is -2.48. The Morgan fingerprint density at radius 1 is 0.964 bits per heavy atom. The number of anilines is 1. The first kappa shape index (κ1) is 21.8. The summed E-state index contributed by atoms with van der Waals surface area (Å²) >= 11 is 17.6. The second-order valence-corrected chi connectivity index (χ2v) is 6.58. The van der Waals surface area contributed by atoms with Gasteiger partial charge in [0.15, 0.2) is 13.2 Å². The van der Waals surface area contributed by atoms with Gasteiger partial charge in [0.05, 0.1) is 15.1 Å². The number of hydrogen-bond acceptors (Lipinski definition) is 5. The van der Waals surface area contributed by atoms with Crippen LogP contribution in [0.3, 0.4) is 0 Å². The van der Waals surface area contributed by atoms with Crippen molar-refractivity contribution in [1.29, 1.82) is 0 Å². The summed E-state index contributed by atoms with van der Waals surface area (Å²) in [5.74, 6) is -1.49. The highest BCUT2D eigenvalue weighted by Gasteiger charge is 2.12. The molecule has 7 nitrogen and oxygen atoms in total. The van der Waals surface area contributed by atoms with Gasteiger partial charge in [-0.05, 0) is 24.3 Å². The number of hydrogen-bond donors (Lipinski definition) is 2. The van der Waals surface area contributed by atoms with E-state index in [1.165, 1.54) is 25.2 Å². The molecule has 0 aliphatic rings.